The highest BCUT2D eigenvalue weighted by molar-refractivity contribution is 5.60. The third-order valence-electron chi connectivity index (χ3n) is 3.89. The highest BCUT2D eigenvalue weighted by Crippen LogP contribution is 2.29. The Hall–Kier alpha value is -2.51. The van der Waals surface area contributed by atoms with E-state index in [0.29, 0.717) is 24.0 Å². The lowest BCUT2D eigenvalue weighted by Gasteiger charge is -2.23. The van der Waals surface area contributed by atoms with Crippen LogP contribution in [0.5, 0.6) is 5.75 Å². The van der Waals surface area contributed by atoms with Crippen LogP contribution < -0.4 is 15.4 Å². The second-order valence-electron chi connectivity index (χ2n) is 5.72. The molecule has 2 rings (SSSR count). The smallest absolute Gasteiger partial charge is 0.406 e. The van der Waals surface area contributed by atoms with E-state index in [4.69, 9.17) is 5.73 Å². The van der Waals surface area contributed by atoms with Crippen LogP contribution in [0.15, 0.2) is 24.3 Å². The number of benzene rings is 1. The maximum Gasteiger partial charge on any atom is 0.573 e. The van der Waals surface area contributed by atoms with Crippen molar-refractivity contribution in [1.82, 2.24) is 9.97 Å². The van der Waals surface area contributed by atoms with Gasteiger partial charge in [0.25, 0.3) is 0 Å². The summed E-state index contributed by atoms with van der Waals surface area (Å²) >= 11 is 0. The van der Waals surface area contributed by atoms with Crippen molar-refractivity contribution >= 4 is 17.5 Å². The maximum absolute atomic E-state index is 12.3. The number of ether oxygens (including phenoxy) is 1. The number of nitrogen functional groups attached to an aromatic ring is 1. The van der Waals surface area contributed by atoms with E-state index in [1.54, 1.807) is 4.90 Å². The number of alkyl halides is 3. The van der Waals surface area contributed by atoms with Crippen LogP contribution in [-0.2, 0) is 12.8 Å². The number of rotatable bonds is 7. The molecule has 8 heteroatoms. The molecule has 0 atom stereocenters. The molecule has 142 valence electrons. The van der Waals surface area contributed by atoms with E-state index in [1.807, 2.05) is 13.8 Å². The molecule has 5 nitrogen and oxygen atoms in total. The molecule has 0 bridgehead atoms. The summed E-state index contributed by atoms with van der Waals surface area (Å²) < 4.78 is 40.8. The van der Waals surface area contributed by atoms with Gasteiger partial charge in [-0.15, -0.1) is 13.2 Å². The molecular formula is C18H23F3N4O. The van der Waals surface area contributed by atoms with Gasteiger partial charge >= 0.3 is 6.36 Å². The lowest BCUT2D eigenvalue weighted by Crippen LogP contribution is -2.21. The van der Waals surface area contributed by atoms with Gasteiger partial charge in [0.2, 0.25) is 5.95 Å². The fourth-order valence-corrected chi connectivity index (χ4v) is 2.75. The predicted octanol–water partition coefficient (Wildman–Crippen LogP) is 4.63. The molecule has 0 radical (unpaired) electrons. The Morgan fingerprint density at radius 2 is 1.73 bits per heavy atom. The largest absolute Gasteiger partial charge is 0.573 e. The number of nitrogens with two attached hydrogens (primary N) is 1. The van der Waals surface area contributed by atoms with Crippen LogP contribution in [0.3, 0.4) is 0 Å². The number of nitrogens with zero attached hydrogens (tertiary/aromatic N) is 3. The highest BCUT2D eigenvalue weighted by atomic mass is 19.4. The van der Waals surface area contributed by atoms with Crippen LogP contribution in [0.4, 0.5) is 30.6 Å². The molecule has 0 fully saturated rings. The Morgan fingerprint density at radius 1 is 1.08 bits per heavy atom. The monoisotopic (exact) mass is 368 g/mol. The zero-order chi connectivity index (χ0) is 19.3. The van der Waals surface area contributed by atoms with Crippen LogP contribution in [0.1, 0.15) is 38.4 Å². The first-order valence-corrected chi connectivity index (χ1v) is 8.57. The van der Waals surface area contributed by atoms with Crippen LogP contribution in [0.2, 0.25) is 0 Å². The third-order valence-corrected chi connectivity index (χ3v) is 3.89. The number of aromatic nitrogens is 2. The molecule has 0 amide bonds. The van der Waals surface area contributed by atoms with Gasteiger partial charge in [-0.3, -0.25) is 0 Å². The van der Waals surface area contributed by atoms with Crippen LogP contribution >= 0.6 is 0 Å². The Bertz CT molecular complexity index is 732. The van der Waals surface area contributed by atoms with Crippen molar-refractivity contribution < 1.29 is 17.9 Å². The van der Waals surface area contributed by atoms with E-state index in [-0.39, 0.29) is 5.75 Å². The summed E-state index contributed by atoms with van der Waals surface area (Å²) in [5.41, 5.74) is 8.62. The van der Waals surface area contributed by atoms with Gasteiger partial charge in [0.1, 0.15) is 11.6 Å². The minimum absolute atomic E-state index is 0.272. The molecule has 0 spiro atoms. The first-order valence-electron chi connectivity index (χ1n) is 8.57. The Kier molecular flexibility index (Phi) is 6.28. The Labute approximate surface area is 151 Å². The zero-order valence-corrected chi connectivity index (χ0v) is 15.1. The molecule has 1 aromatic heterocycles. The minimum atomic E-state index is -4.71. The van der Waals surface area contributed by atoms with E-state index >= 15 is 0 Å². The van der Waals surface area contributed by atoms with E-state index in [0.717, 1.165) is 30.5 Å². The van der Waals surface area contributed by atoms with Gasteiger partial charge < -0.3 is 15.4 Å². The average molecular weight is 368 g/mol. The highest BCUT2D eigenvalue weighted by Gasteiger charge is 2.31. The molecule has 2 N–H and O–H groups in total. The zero-order valence-electron chi connectivity index (χ0n) is 15.1. The van der Waals surface area contributed by atoms with E-state index in [2.05, 4.69) is 21.6 Å². The fraction of sp³-hybridized carbons (Fsp3) is 0.444. The minimum Gasteiger partial charge on any atom is -0.406 e. The number of halogens is 3. The van der Waals surface area contributed by atoms with E-state index in [9.17, 15) is 13.2 Å². The quantitative estimate of drug-likeness (QED) is 0.772. The molecule has 0 saturated carbocycles. The first kappa shape index (κ1) is 19.8. The normalized spacial score (nSPS) is 11.5. The predicted molar refractivity (Wildman–Crippen MR) is 95.6 cm³/mol. The van der Waals surface area contributed by atoms with Crippen molar-refractivity contribution in [2.45, 2.75) is 46.4 Å². The van der Waals surface area contributed by atoms with Crippen molar-refractivity contribution in [3.8, 4) is 5.75 Å². The topological polar surface area (TPSA) is 64.3 Å². The first-order chi connectivity index (χ1) is 12.3. The van der Waals surface area contributed by atoms with Gasteiger partial charge in [-0.1, -0.05) is 20.3 Å². The summed E-state index contributed by atoms with van der Waals surface area (Å²) in [6.45, 7) is 6.52. The third kappa shape index (κ3) is 4.77. The molecule has 1 aromatic carbocycles. The lowest BCUT2D eigenvalue weighted by molar-refractivity contribution is -0.274. The van der Waals surface area contributed by atoms with Crippen LogP contribution in [-0.4, -0.2) is 22.9 Å². The van der Waals surface area contributed by atoms with Gasteiger partial charge in [-0.2, -0.15) is 4.98 Å². The van der Waals surface area contributed by atoms with Crippen LogP contribution in [0.25, 0.3) is 0 Å². The lowest BCUT2D eigenvalue weighted by atomic mass is 10.1. The van der Waals surface area contributed by atoms with Crippen molar-refractivity contribution in [2.75, 3.05) is 17.2 Å². The fourth-order valence-electron chi connectivity index (χ4n) is 2.75. The standard InChI is InChI=1S/C18H23F3N4O/c1-4-7-15-14(5-2)16(22)24-17(23-15)25(6-3)12-8-10-13(11-9-12)26-18(19,20)21/h8-11H,4-7H2,1-3H3,(H2,22,23,24). The summed E-state index contributed by atoms with van der Waals surface area (Å²) in [6, 6.07) is 5.61. The number of hydrogen-bond acceptors (Lipinski definition) is 5. The molecule has 0 aliphatic rings. The number of aryl methyl sites for hydroxylation is 1. The summed E-state index contributed by atoms with van der Waals surface area (Å²) in [6.07, 6.45) is -2.25. The van der Waals surface area contributed by atoms with Gasteiger partial charge in [0, 0.05) is 17.8 Å². The average Bonchev–Trinajstić information content (AvgIpc) is 2.56. The molecular weight excluding hydrogens is 345 g/mol. The molecule has 0 aliphatic carbocycles. The SMILES string of the molecule is CCCc1nc(N(CC)c2ccc(OC(F)(F)F)cc2)nc(N)c1CC. The van der Waals surface area contributed by atoms with Crippen molar-refractivity contribution in [3.63, 3.8) is 0 Å². The second-order valence-corrected chi connectivity index (χ2v) is 5.72. The van der Waals surface area contributed by atoms with Crippen molar-refractivity contribution in [3.05, 3.63) is 35.5 Å². The summed E-state index contributed by atoms with van der Waals surface area (Å²) in [5.74, 6) is 0.609. The van der Waals surface area contributed by atoms with Gasteiger partial charge in [0.05, 0.1) is 5.69 Å². The number of anilines is 3. The molecule has 0 aliphatic heterocycles. The molecule has 1 heterocycles. The maximum atomic E-state index is 12.3. The Morgan fingerprint density at radius 3 is 2.23 bits per heavy atom. The molecule has 0 unspecified atom stereocenters. The summed E-state index contributed by atoms with van der Waals surface area (Å²) in [4.78, 5) is 10.8. The molecule has 0 saturated heterocycles. The van der Waals surface area contributed by atoms with Gasteiger partial charge in [-0.25, -0.2) is 4.98 Å². The summed E-state index contributed by atoms with van der Waals surface area (Å²) in [5, 5.41) is 0. The van der Waals surface area contributed by atoms with E-state index in [1.165, 1.54) is 24.3 Å². The van der Waals surface area contributed by atoms with Crippen molar-refractivity contribution in [1.29, 1.82) is 0 Å². The van der Waals surface area contributed by atoms with Crippen LogP contribution in [0, 0.1) is 0 Å². The van der Waals surface area contributed by atoms with Gasteiger partial charge in [0.15, 0.2) is 0 Å². The van der Waals surface area contributed by atoms with Gasteiger partial charge in [-0.05, 0) is 44.0 Å². The van der Waals surface area contributed by atoms with Crippen molar-refractivity contribution in [2.24, 2.45) is 0 Å². The summed E-state index contributed by atoms with van der Waals surface area (Å²) in [7, 11) is 0. The molecule has 2 aromatic rings. The molecule has 26 heavy (non-hydrogen) atoms. The van der Waals surface area contributed by atoms with E-state index < -0.39 is 6.36 Å². The second kappa shape index (κ2) is 8.25. The Balaban J connectivity index is 2.36. The number of hydrogen-bond donors (Lipinski definition) is 1.